The fraction of sp³-hybridized carbons (Fsp3) is 1.00. The first kappa shape index (κ1) is 34.8. The Labute approximate surface area is 219 Å². The van der Waals surface area contributed by atoms with E-state index in [2.05, 4.69) is 51.8 Å². The Kier molecular flexibility index (Phi) is 25.2. The smallest absolute Gasteiger partial charge is 0.0637 e. The Morgan fingerprint density at radius 1 is 0.429 bits per heavy atom. The van der Waals surface area contributed by atoms with Crippen molar-refractivity contribution >= 4 is 0 Å². The largest absolute Gasteiger partial charge is 0.381 e. The van der Waals surface area contributed by atoms with E-state index in [0.717, 1.165) is 39.1 Å². The predicted octanol–water partition coefficient (Wildman–Crippen LogP) is 5.88. The Balaban J connectivity index is 4.74. The van der Waals surface area contributed by atoms with Crippen molar-refractivity contribution in [1.82, 2.24) is 9.80 Å². The summed E-state index contributed by atoms with van der Waals surface area (Å²) in [5.74, 6) is 0. The summed E-state index contributed by atoms with van der Waals surface area (Å²) in [5, 5.41) is 0. The summed E-state index contributed by atoms with van der Waals surface area (Å²) in [6.45, 7) is 11.8. The SMILES string of the molecule is CCCCCCCCOCC(COCCCCCCCC)(COCCN(C)C)COCCN(C)C. The van der Waals surface area contributed by atoms with Crippen LogP contribution < -0.4 is 0 Å². The molecule has 0 rings (SSSR count). The zero-order valence-electron chi connectivity index (χ0n) is 24.6. The van der Waals surface area contributed by atoms with Crippen LogP contribution in [-0.2, 0) is 18.9 Å². The molecule has 0 bridgehead atoms. The normalized spacial score (nSPS) is 12.3. The van der Waals surface area contributed by atoms with Gasteiger partial charge in [0, 0.05) is 26.3 Å². The van der Waals surface area contributed by atoms with Crippen molar-refractivity contribution in [3.63, 3.8) is 0 Å². The lowest BCUT2D eigenvalue weighted by Gasteiger charge is -2.33. The fourth-order valence-electron chi connectivity index (χ4n) is 3.87. The maximum atomic E-state index is 6.22. The molecule has 0 aliphatic carbocycles. The Morgan fingerprint density at radius 2 is 0.743 bits per heavy atom. The standard InChI is InChI=1S/C29H62N2O4/c1-7-9-11-13-15-17-21-32-25-29(27-34-23-19-30(3)4,28-35-24-20-31(5)6)26-33-22-18-16-14-12-10-8-2/h7-28H2,1-6H3. The van der Waals surface area contributed by atoms with Crippen LogP contribution in [0.4, 0.5) is 0 Å². The average Bonchev–Trinajstić information content (AvgIpc) is 2.82. The van der Waals surface area contributed by atoms with E-state index in [-0.39, 0.29) is 5.41 Å². The van der Waals surface area contributed by atoms with Gasteiger partial charge in [0.15, 0.2) is 0 Å². The van der Waals surface area contributed by atoms with Gasteiger partial charge in [-0.2, -0.15) is 0 Å². The minimum Gasteiger partial charge on any atom is -0.381 e. The van der Waals surface area contributed by atoms with E-state index in [1.165, 1.54) is 64.2 Å². The highest BCUT2D eigenvalue weighted by atomic mass is 16.5. The number of hydrogen-bond donors (Lipinski definition) is 0. The van der Waals surface area contributed by atoms with Crippen LogP contribution >= 0.6 is 0 Å². The van der Waals surface area contributed by atoms with Crippen LogP contribution in [0.25, 0.3) is 0 Å². The molecule has 6 heteroatoms. The molecule has 0 atom stereocenters. The first-order valence-electron chi connectivity index (χ1n) is 14.6. The molecular formula is C29H62N2O4. The molecule has 0 aromatic heterocycles. The van der Waals surface area contributed by atoms with Crippen LogP contribution in [0.1, 0.15) is 90.9 Å². The summed E-state index contributed by atoms with van der Waals surface area (Å²) in [4.78, 5) is 4.30. The van der Waals surface area contributed by atoms with Gasteiger partial charge in [0.05, 0.1) is 45.1 Å². The average molecular weight is 503 g/mol. The third kappa shape index (κ3) is 23.9. The van der Waals surface area contributed by atoms with Crippen LogP contribution in [0.2, 0.25) is 0 Å². The Hall–Kier alpha value is -0.240. The lowest BCUT2D eigenvalue weighted by molar-refractivity contribution is -0.108. The van der Waals surface area contributed by atoms with Gasteiger partial charge in [-0.25, -0.2) is 0 Å². The van der Waals surface area contributed by atoms with Crippen LogP contribution in [0.5, 0.6) is 0 Å². The minimum atomic E-state index is -0.261. The summed E-state index contributed by atoms with van der Waals surface area (Å²) >= 11 is 0. The Bertz CT molecular complexity index is 383. The lowest BCUT2D eigenvalue weighted by atomic mass is 9.92. The first-order valence-corrected chi connectivity index (χ1v) is 14.6. The zero-order chi connectivity index (χ0) is 26.0. The highest BCUT2D eigenvalue weighted by Gasteiger charge is 2.32. The van der Waals surface area contributed by atoms with Gasteiger partial charge in [0.1, 0.15) is 0 Å². The molecule has 0 saturated carbocycles. The quantitative estimate of drug-likeness (QED) is 0.124. The van der Waals surface area contributed by atoms with E-state index < -0.39 is 0 Å². The lowest BCUT2D eigenvalue weighted by Crippen LogP contribution is -2.43. The van der Waals surface area contributed by atoms with Crippen molar-refractivity contribution in [1.29, 1.82) is 0 Å². The van der Waals surface area contributed by atoms with Crippen molar-refractivity contribution in [2.24, 2.45) is 5.41 Å². The molecule has 0 aliphatic rings. The summed E-state index contributed by atoms with van der Waals surface area (Å²) in [5.41, 5.74) is -0.261. The number of hydrogen-bond acceptors (Lipinski definition) is 6. The topological polar surface area (TPSA) is 43.4 Å². The molecule has 0 radical (unpaired) electrons. The molecule has 35 heavy (non-hydrogen) atoms. The van der Waals surface area contributed by atoms with Crippen LogP contribution in [-0.4, -0.2) is 104 Å². The maximum absolute atomic E-state index is 6.22. The van der Waals surface area contributed by atoms with Gasteiger partial charge in [0.2, 0.25) is 0 Å². The van der Waals surface area contributed by atoms with E-state index in [9.17, 15) is 0 Å². The molecule has 0 unspecified atom stereocenters. The van der Waals surface area contributed by atoms with Crippen LogP contribution in [0.3, 0.4) is 0 Å². The molecule has 0 saturated heterocycles. The third-order valence-corrected chi connectivity index (χ3v) is 6.28. The van der Waals surface area contributed by atoms with Crippen molar-refractivity contribution in [3.05, 3.63) is 0 Å². The summed E-state index contributed by atoms with van der Waals surface area (Å²) in [6, 6.07) is 0. The van der Waals surface area contributed by atoms with E-state index in [0.29, 0.717) is 39.6 Å². The van der Waals surface area contributed by atoms with Crippen molar-refractivity contribution in [3.8, 4) is 0 Å². The highest BCUT2D eigenvalue weighted by Crippen LogP contribution is 2.22. The van der Waals surface area contributed by atoms with E-state index in [1.807, 2.05) is 0 Å². The second-order valence-electron chi connectivity index (χ2n) is 10.9. The number of rotatable bonds is 28. The first-order chi connectivity index (χ1) is 17.0. The molecule has 0 amide bonds. The summed E-state index contributed by atoms with van der Waals surface area (Å²) in [7, 11) is 8.31. The molecule has 0 N–H and O–H groups in total. The van der Waals surface area contributed by atoms with Gasteiger partial charge >= 0.3 is 0 Å². The highest BCUT2D eigenvalue weighted by molar-refractivity contribution is 4.80. The molecule has 0 aromatic rings. The maximum Gasteiger partial charge on any atom is 0.0637 e. The van der Waals surface area contributed by atoms with Crippen LogP contribution in [0.15, 0.2) is 0 Å². The van der Waals surface area contributed by atoms with Gasteiger partial charge in [-0.05, 0) is 41.0 Å². The van der Waals surface area contributed by atoms with Gasteiger partial charge in [0.25, 0.3) is 0 Å². The second-order valence-corrected chi connectivity index (χ2v) is 10.9. The van der Waals surface area contributed by atoms with Crippen molar-refractivity contribution < 1.29 is 18.9 Å². The van der Waals surface area contributed by atoms with E-state index >= 15 is 0 Å². The molecule has 0 heterocycles. The number of ether oxygens (including phenoxy) is 4. The van der Waals surface area contributed by atoms with Crippen LogP contribution in [0, 0.1) is 5.41 Å². The van der Waals surface area contributed by atoms with Gasteiger partial charge in [-0.15, -0.1) is 0 Å². The summed E-state index contributed by atoms with van der Waals surface area (Å²) < 4.78 is 24.7. The Morgan fingerprint density at radius 3 is 1.09 bits per heavy atom. The number of unbranched alkanes of at least 4 members (excludes halogenated alkanes) is 10. The predicted molar refractivity (Wildman–Crippen MR) is 150 cm³/mol. The molecule has 6 nitrogen and oxygen atoms in total. The van der Waals surface area contributed by atoms with Gasteiger partial charge in [-0.3, -0.25) is 0 Å². The van der Waals surface area contributed by atoms with Gasteiger partial charge in [-0.1, -0.05) is 78.1 Å². The summed E-state index contributed by atoms with van der Waals surface area (Å²) in [6.07, 6.45) is 15.3. The minimum absolute atomic E-state index is 0.261. The molecule has 212 valence electrons. The van der Waals surface area contributed by atoms with Crippen molar-refractivity contribution in [2.75, 3.05) is 94.1 Å². The molecular weight excluding hydrogens is 440 g/mol. The third-order valence-electron chi connectivity index (χ3n) is 6.28. The van der Waals surface area contributed by atoms with Gasteiger partial charge < -0.3 is 28.7 Å². The van der Waals surface area contributed by atoms with E-state index in [1.54, 1.807) is 0 Å². The molecule has 0 spiro atoms. The van der Waals surface area contributed by atoms with Crippen molar-refractivity contribution in [2.45, 2.75) is 90.9 Å². The van der Waals surface area contributed by atoms with E-state index in [4.69, 9.17) is 18.9 Å². The number of likely N-dealkylation sites (N-methyl/N-ethyl adjacent to an activating group) is 2. The molecule has 0 aromatic carbocycles. The number of nitrogens with zero attached hydrogens (tertiary/aromatic N) is 2. The molecule has 0 fully saturated rings. The second kappa shape index (κ2) is 25.4. The monoisotopic (exact) mass is 502 g/mol. The fourth-order valence-corrected chi connectivity index (χ4v) is 3.87. The molecule has 0 aliphatic heterocycles. The zero-order valence-corrected chi connectivity index (χ0v) is 24.6.